The molecule has 0 saturated carbocycles. The number of nitrogens with one attached hydrogen (secondary N) is 2. The number of carbonyl (C=O) groups is 1. The maximum absolute atomic E-state index is 12.4. The van der Waals surface area contributed by atoms with Crippen LogP contribution < -0.4 is 15.4 Å². The molecule has 1 aromatic heterocycles. The van der Waals surface area contributed by atoms with Gasteiger partial charge in [0.15, 0.2) is 10.7 Å². The van der Waals surface area contributed by atoms with Crippen molar-refractivity contribution in [1.82, 2.24) is 10.3 Å². The fourth-order valence-corrected chi connectivity index (χ4v) is 3.44. The van der Waals surface area contributed by atoms with Gasteiger partial charge in [0.25, 0.3) is 5.91 Å². The summed E-state index contributed by atoms with van der Waals surface area (Å²) in [7, 11) is 1.60. The maximum Gasteiger partial charge on any atom is 0.258 e. The quantitative estimate of drug-likeness (QED) is 0.358. The van der Waals surface area contributed by atoms with E-state index in [1.165, 1.54) is 6.07 Å². The molecule has 0 aliphatic carbocycles. The number of fused-ring (bicyclic) bond motifs is 1. The number of hydrogen-bond acceptors (Lipinski definition) is 5. The molecule has 2 N–H and O–H groups in total. The van der Waals surface area contributed by atoms with Crippen molar-refractivity contribution in [2.75, 3.05) is 12.4 Å². The number of halogens is 2. The van der Waals surface area contributed by atoms with Crippen LogP contribution >= 0.6 is 35.4 Å². The van der Waals surface area contributed by atoms with Crippen molar-refractivity contribution in [2.45, 2.75) is 0 Å². The molecule has 0 spiro atoms. The number of nitrogens with zero attached hydrogens (tertiary/aromatic N) is 1. The highest BCUT2D eigenvalue weighted by atomic mass is 35.5. The molecule has 0 atom stereocenters. The Morgan fingerprint density at radius 2 is 1.84 bits per heavy atom. The average molecular weight is 472 g/mol. The van der Waals surface area contributed by atoms with Gasteiger partial charge < -0.3 is 14.5 Å². The van der Waals surface area contributed by atoms with E-state index in [9.17, 15) is 4.79 Å². The van der Waals surface area contributed by atoms with Crippen molar-refractivity contribution in [3.05, 3.63) is 76.3 Å². The summed E-state index contributed by atoms with van der Waals surface area (Å²) in [6.07, 6.45) is 0. The molecule has 0 unspecified atom stereocenters. The van der Waals surface area contributed by atoms with E-state index in [4.69, 9.17) is 44.6 Å². The summed E-state index contributed by atoms with van der Waals surface area (Å²) in [5.74, 6) is 0.742. The number of anilines is 1. The van der Waals surface area contributed by atoms with Gasteiger partial charge in [0.05, 0.1) is 17.7 Å². The van der Waals surface area contributed by atoms with Gasteiger partial charge in [-0.25, -0.2) is 4.98 Å². The molecule has 0 fully saturated rings. The first-order chi connectivity index (χ1) is 14.9. The number of benzene rings is 3. The summed E-state index contributed by atoms with van der Waals surface area (Å²) in [5.41, 5.74) is 3.09. The molecule has 0 bridgehead atoms. The predicted octanol–water partition coefficient (Wildman–Crippen LogP) is 5.94. The van der Waals surface area contributed by atoms with Crippen molar-refractivity contribution in [3.63, 3.8) is 0 Å². The number of methoxy groups -OCH3 is 1. The zero-order valence-electron chi connectivity index (χ0n) is 16.1. The van der Waals surface area contributed by atoms with E-state index in [1.54, 1.807) is 31.4 Å². The first-order valence-electron chi connectivity index (χ1n) is 9.05. The lowest BCUT2D eigenvalue weighted by atomic mass is 10.2. The molecule has 156 valence electrons. The number of carbonyl (C=O) groups excluding carboxylic acids is 1. The Hall–Kier alpha value is -3.13. The minimum Gasteiger partial charge on any atom is -0.497 e. The summed E-state index contributed by atoms with van der Waals surface area (Å²) in [6.45, 7) is 0. The Balaban J connectivity index is 1.44. The second-order valence-electron chi connectivity index (χ2n) is 6.46. The monoisotopic (exact) mass is 471 g/mol. The lowest BCUT2D eigenvalue weighted by molar-refractivity contribution is 0.0978. The highest BCUT2D eigenvalue weighted by Crippen LogP contribution is 2.27. The Morgan fingerprint density at radius 3 is 2.58 bits per heavy atom. The number of rotatable bonds is 4. The Labute approximate surface area is 193 Å². The van der Waals surface area contributed by atoms with E-state index in [-0.39, 0.29) is 15.7 Å². The third kappa shape index (κ3) is 4.80. The Kier molecular flexibility index (Phi) is 6.08. The first-order valence-corrected chi connectivity index (χ1v) is 10.2. The van der Waals surface area contributed by atoms with Crippen LogP contribution in [0.4, 0.5) is 5.69 Å². The molecule has 1 heterocycles. The van der Waals surface area contributed by atoms with Gasteiger partial charge in [0, 0.05) is 22.3 Å². The maximum atomic E-state index is 12.4. The largest absolute Gasteiger partial charge is 0.497 e. The first kappa shape index (κ1) is 21.1. The molecule has 0 saturated heterocycles. The Morgan fingerprint density at radius 1 is 1.06 bits per heavy atom. The van der Waals surface area contributed by atoms with Gasteiger partial charge in [-0.1, -0.05) is 23.2 Å². The van der Waals surface area contributed by atoms with E-state index in [2.05, 4.69) is 15.6 Å². The Bertz CT molecular complexity index is 1290. The molecule has 9 heteroatoms. The molecule has 0 aliphatic rings. The third-order valence-corrected chi connectivity index (χ3v) is 5.15. The smallest absolute Gasteiger partial charge is 0.258 e. The lowest BCUT2D eigenvalue weighted by Gasteiger charge is -2.11. The van der Waals surface area contributed by atoms with Crippen LogP contribution in [0.1, 0.15) is 10.4 Å². The van der Waals surface area contributed by atoms with E-state index in [0.717, 1.165) is 5.56 Å². The van der Waals surface area contributed by atoms with Crippen molar-refractivity contribution >= 4 is 63.2 Å². The molecular formula is C22H15Cl2N3O3S. The molecule has 3 aromatic carbocycles. The normalized spacial score (nSPS) is 10.7. The van der Waals surface area contributed by atoms with Crippen molar-refractivity contribution in [2.24, 2.45) is 0 Å². The summed E-state index contributed by atoms with van der Waals surface area (Å²) >= 11 is 17.2. The number of hydrogen-bond donors (Lipinski definition) is 2. The fraction of sp³-hybridized carbons (Fsp3) is 0.0455. The molecule has 0 aliphatic heterocycles. The van der Waals surface area contributed by atoms with Crippen molar-refractivity contribution in [3.8, 4) is 17.2 Å². The number of ether oxygens (including phenoxy) is 1. The van der Waals surface area contributed by atoms with E-state index < -0.39 is 5.91 Å². The average Bonchev–Trinajstić information content (AvgIpc) is 3.19. The molecule has 1 amide bonds. The predicted molar refractivity (Wildman–Crippen MR) is 126 cm³/mol. The van der Waals surface area contributed by atoms with Gasteiger partial charge in [-0.05, 0) is 66.8 Å². The third-order valence-electron chi connectivity index (χ3n) is 4.38. The van der Waals surface area contributed by atoms with Crippen LogP contribution in [0.25, 0.3) is 22.6 Å². The highest BCUT2D eigenvalue weighted by Gasteiger charge is 2.13. The second kappa shape index (κ2) is 8.93. The second-order valence-corrected chi connectivity index (χ2v) is 7.71. The van der Waals surface area contributed by atoms with Crippen LogP contribution in [-0.4, -0.2) is 23.1 Å². The van der Waals surface area contributed by atoms with E-state index in [0.29, 0.717) is 33.4 Å². The zero-order valence-corrected chi connectivity index (χ0v) is 18.4. The van der Waals surface area contributed by atoms with E-state index in [1.807, 2.05) is 30.3 Å². The summed E-state index contributed by atoms with van der Waals surface area (Å²) in [6, 6.07) is 17.3. The van der Waals surface area contributed by atoms with Crippen LogP contribution in [0.15, 0.2) is 65.1 Å². The van der Waals surface area contributed by atoms with Crippen LogP contribution in [0.3, 0.4) is 0 Å². The summed E-state index contributed by atoms with van der Waals surface area (Å²) in [5, 5.41) is 6.35. The van der Waals surface area contributed by atoms with Gasteiger partial charge in [0.1, 0.15) is 11.3 Å². The standard InChI is InChI=1S/C22H15Cl2N3O3S/c1-29-15-7-9-19-18(11-15)26-21(30-19)12-2-5-14(6-3-12)25-22(31)27-20(28)16-10-13(23)4-8-17(16)24/h2-11H,1H3,(H2,25,27,28,31). The van der Waals surface area contributed by atoms with Gasteiger partial charge in [-0.15, -0.1) is 0 Å². The molecular weight excluding hydrogens is 457 g/mol. The zero-order chi connectivity index (χ0) is 22.0. The summed E-state index contributed by atoms with van der Waals surface area (Å²) in [4.78, 5) is 16.9. The van der Waals surface area contributed by atoms with Crippen LogP contribution in [0.5, 0.6) is 5.75 Å². The number of oxazole rings is 1. The highest BCUT2D eigenvalue weighted by molar-refractivity contribution is 7.80. The van der Waals surface area contributed by atoms with Crippen LogP contribution in [0.2, 0.25) is 10.0 Å². The van der Waals surface area contributed by atoms with Crippen LogP contribution in [0, 0.1) is 0 Å². The topological polar surface area (TPSA) is 76.4 Å². The fourth-order valence-electron chi connectivity index (χ4n) is 2.86. The molecule has 4 aromatic rings. The van der Waals surface area contributed by atoms with Crippen molar-refractivity contribution in [1.29, 1.82) is 0 Å². The summed E-state index contributed by atoms with van der Waals surface area (Å²) < 4.78 is 11.0. The van der Waals surface area contributed by atoms with Crippen LogP contribution in [-0.2, 0) is 0 Å². The SMILES string of the molecule is COc1ccc2oc(-c3ccc(NC(=S)NC(=O)c4cc(Cl)ccc4Cl)cc3)nc2c1. The van der Waals surface area contributed by atoms with Crippen molar-refractivity contribution < 1.29 is 13.9 Å². The van der Waals surface area contributed by atoms with Gasteiger partial charge in [0.2, 0.25) is 5.89 Å². The molecule has 0 radical (unpaired) electrons. The lowest BCUT2D eigenvalue weighted by Crippen LogP contribution is -2.34. The van der Waals surface area contributed by atoms with Gasteiger partial charge in [-0.3, -0.25) is 10.1 Å². The number of aromatic nitrogens is 1. The minimum absolute atomic E-state index is 0.128. The van der Waals surface area contributed by atoms with E-state index >= 15 is 0 Å². The number of thiocarbonyl (C=S) groups is 1. The molecule has 6 nitrogen and oxygen atoms in total. The van der Waals surface area contributed by atoms with Gasteiger partial charge >= 0.3 is 0 Å². The number of amides is 1. The minimum atomic E-state index is -0.455. The molecule has 31 heavy (non-hydrogen) atoms. The molecule has 4 rings (SSSR count). The van der Waals surface area contributed by atoms with Gasteiger partial charge in [-0.2, -0.15) is 0 Å².